The third-order valence-corrected chi connectivity index (χ3v) is 3.18. The van der Waals surface area contributed by atoms with Crippen LogP contribution in [0.5, 0.6) is 6.01 Å². The molecule has 0 saturated carbocycles. The van der Waals surface area contributed by atoms with E-state index in [-0.39, 0.29) is 18.4 Å². The molecular formula is C14H13ClF3N3O. The Bertz CT molecular complexity index is 664. The quantitative estimate of drug-likeness (QED) is 0.836. The molecule has 2 aromatic rings. The number of nitrogens with zero attached hydrogens (tertiary/aromatic N) is 3. The van der Waals surface area contributed by atoms with E-state index in [1.165, 1.54) is 11.9 Å². The van der Waals surface area contributed by atoms with Gasteiger partial charge in [0.1, 0.15) is 5.56 Å². The second kappa shape index (κ2) is 6.39. The van der Waals surface area contributed by atoms with Gasteiger partial charge in [0.05, 0.1) is 17.3 Å². The van der Waals surface area contributed by atoms with E-state index < -0.39 is 11.7 Å². The first kappa shape index (κ1) is 16.4. The molecular weight excluding hydrogens is 319 g/mol. The number of benzene rings is 1. The van der Waals surface area contributed by atoms with Crippen molar-refractivity contribution >= 4 is 23.1 Å². The van der Waals surface area contributed by atoms with Crippen molar-refractivity contribution in [3.8, 4) is 6.01 Å². The van der Waals surface area contributed by atoms with Crippen LogP contribution < -0.4 is 9.64 Å². The summed E-state index contributed by atoms with van der Waals surface area (Å²) in [4.78, 5) is 8.70. The summed E-state index contributed by atoms with van der Waals surface area (Å²) in [6.45, 7) is 1.94. The number of hydrogen-bond acceptors (Lipinski definition) is 4. The van der Waals surface area contributed by atoms with Crippen LogP contribution in [0.1, 0.15) is 12.5 Å². The van der Waals surface area contributed by atoms with E-state index in [4.69, 9.17) is 16.3 Å². The van der Waals surface area contributed by atoms with Crippen molar-refractivity contribution in [3.63, 3.8) is 0 Å². The molecule has 0 radical (unpaired) electrons. The molecule has 0 unspecified atom stereocenters. The predicted molar refractivity (Wildman–Crippen MR) is 77.7 cm³/mol. The largest absolute Gasteiger partial charge is 0.464 e. The minimum atomic E-state index is -4.59. The molecule has 0 aliphatic carbocycles. The molecule has 118 valence electrons. The van der Waals surface area contributed by atoms with Gasteiger partial charge < -0.3 is 9.64 Å². The molecule has 0 fully saturated rings. The lowest BCUT2D eigenvalue weighted by Gasteiger charge is -2.23. The zero-order chi connectivity index (χ0) is 16.3. The van der Waals surface area contributed by atoms with Gasteiger partial charge in [0.2, 0.25) is 0 Å². The van der Waals surface area contributed by atoms with Crippen molar-refractivity contribution in [1.82, 2.24) is 9.97 Å². The second-order valence-electron chi connectivity index (χ2n) is 4.33. The number of aromatic nitrogens is 2. The minimum absolute atomic E-state index is 0.121. The molecule has 1 aromatic heterocycles. The fourth-order valence-electron chi connectivity index (χ4n) is 1.85. The number of ether oxygens (including phenoxy) is 1. The van der Waals surface area contributed by atoms with Gasteiger partial charge in [0, 0.05) is 13.2 Å². The van der Waals surface area contributed by atoms with Gasteiger partial charge in [-0.1, -0.05) is 23.7 Å². The lowest BCUT2D eigenvalue weighted by atomic mass is 10.2. The van der Waals surface area contributed by atoms with Crippen molar-refractivity contribution in [2.45, 2.75) is 13.1 Å². The average molecular weight is 332 g/mol. The highest BCUT2D eigenvalue weighted by atomic mass is 35.5. The Morgan fingerprint density at radius 1 is 1.27 bits per heavy atom. The highest BCUT2D eigenvalue weighted by Gasteiger charge is 2.37. The van der Waals surface area contributed by atoms with E-state index in [1.54, 1.807) is 31.2 Å². The summed E-state index contributed by atoms with van der Waals surface area (Å²) in [6, 6.07) is 6.44. The van der Waals surface area contributed by atoms with Gasteiger partial charge in [-0.05, 0) is 19.1 Å². The van der Waals surface area contributed by atoms with Crippen LogP contribution in [0.2, 0.25) is 5.02 Å². The maximum Gasteiger partial charge on any atom is 0.421 e. The Morgan fingerprint density at radius 2 is 1.95 bits per heavy atom. The van der Waals surface area contributed by atoms with Crippen molar-refractivity contribution in [2.75, 3.05) is 18.6 Å². The molecule has 8 heteroatoms. The van der Waals surface area contributed by atoms with Crippen LogP contribution in [-0.2, 0) is 6.18 Å². The Labute approximate surface area is 130 Å². The third-order valence-electron chi connectivity index (χ3n) is 2.86. The Kier molecular flexibility index (Phi) is 4.75. The highest BCUT2D eigenvalue weighted by molar-refractivity contribution is 6.33. The van der Waals surface area contributed by atoms with E-state index in [1.807, 2.05) is 0 Å². The van der Waals surface area contributed by atoms with Crippen molar-refractivity contribution in [2.24, 2.45) is 0 Å². The van der Waals surface area contributed by atoms with Crippen molar-refractivity contribution < 1.29 is 17.9 Å². The molecule has 0 atom stereocenters. The molecule has 1 heterocycles. The number of hydrogen-bond donors (Lipinski definition) is 0. The summed E-state index contributed by atoms with van der Waals surface area (Å²) >= 11 is 6.04. The zero-order valence-corrected chi connectivity index (χ0v) is 12.6. The maximum atomic E-state index is 13.2. The number of anilines is 2. The van der Waals surface area contributed by atoms with Gasteiger partial charge in [0.15, 0.2) is 5.82 Å². The molecule has 1 aromatic carbocycles. The van der Waals surface area contributed by atoms with Crippen LogP contribution in [0.3, 0.4) is 0 Å². The third kappa shape index (κ3) is 3.41. The summed E-state index contributed by atoms with van der Waals surface area (Å²) in [5, 5.41) is 0.315. The van der Waals surface area contributed by atoms with Gasteiger partial charge in [-0.25, -0.2) is 4.98 Å². The minimum Gasteiger partial charge on any atom is -0.464 e. The maximum absolute atomic E-state index is 13.2. The molecule has 0 bridgehead atoms. The summed E-state index contributed by atoms with van der Waals surface area (Å²) < 4.78 is 44.6. The van der Waals surface area contributed by atoms with Crippen LogP contribution >= 0.6 is 11.6 Å². The summed E-state index contributed by atoms with van der Waals surface area (Å²) in [6.07, 6.45) is -3.88. The van der Waals surface area contributed by atoms with Crippen molar-refractivity contribution in [3.05, 3.63) is 41.0 Å². The van der Waals surface area contributed by atoms with Gasteiger partial charge in [-0.15, -0.1) is 0 Å². The predicted octanol–water partition coefficient (Wildman–Crippen LogP) is 4.32. The van der Waals surface area contributed by atoms with Crippen LogP contribution in [0.15, 0.2) is 30.5 Å². The Morgan fingerprint density at radius 3 is 2.55 bits per heavy atom. The van der Waals surface area contributed by atoms with E-state index in [2.05, 4.69) is 9.97 Å². The molecule has 0 aliphatic heterocycles. The van der Waals surface area contributed by atoms with Crippen LogP contribution in [-0.4, -0.2) is 23.6 Å². The second-order valence-corrected chi connectivity index (χ2v) is 4.74. The molecule has 4 nitrogen and oxygen atoms in total. The SMILES string of the molecule is CCOc1ncc(C(F)(F)F)c(N(C)c2ccccc2Cl)n1. The monoisotopic (exact) mass is 331 g/mol. The normalized spacial score (nSPS) is 11.4. The zero-order valence-electron chi connectivity index (χ0n) is 11.9. The molecule has 22 heavy (non-hydrogen) atoms. The fraction of sp³-hybridized carbons (Fsp3) is 0.286. The molecule has 0 saturated heterocycles. The standard InChI is InChI=1S/C14H13ClF3N3O/c1-3-22-13-19-8-9(14(16,17)18)12(20-13)21(2)11-7-5-4-6-10(11)15/h4-8H,3H2,1-2H3. The Balaban J connectivity index is 2.55. The van der Waals surface area contributed by atoms with Crippen molar-refractivity contribution in [1.29, 1.82) is 0 Å². The summed E-state index contributed by atoms with van der Waals surface area (Å²) in [5.74, 6) is -0.320. The lowest BCUT2D eigenvalue weighted by molar-refractivity contribution is -0.137. The summed E-state index contributed by atoms with van der Waals surface area (Å²) in [7, 11) is 1.45. The van der Waals surface area contributed by atoms with E-state index in [9.17, 15) is 13.2 Å². The average Bonchev–Trinajstić information content (AvgIpc) is 2.46. The van der Waals surface area contributed by atoms with E-state index in [0.717, 1.165) is 0 Å². The highest BCUT2D eigenvalue weighted by Crippen LogP contribution is 2.39. The number of rotatable bonds is 4. The molecule has 0 amide bonds. The van der Waals surface area contributed by atoms with Gasteiger partial charge >= 0.3 is 12.2 Å². The first-order valence-electron chi connectivity index (χ1n) is 6.40. The first-order valence-corrected chi connectivity index (χ1v) is 6.77. The van der Waals surface area contributed by atoms with E-state index >= 15 is 0 Å². The number of para-hydroxylation sites is 1. The molecule has 2 rings (SSSR count). The summed E-state index contributed by atoms with van der Waals surface area (Å²) in [5.41, 5.74) is -0.561. The molecule has 0 aliphatic rings. The fourth-order valence-corrected chi connectivity index (χ4v) is 2.11. The van der Waals surface area contributed by atoms with Gasteiger partial charge in [0.25, 0.3) is 0 Å². The van der Waals surface area contributed by atoms with Crippen LogP contribution in [0.4, 0.5) is 24.7 Å². The van der Waals surface area contributed by atoms with E-state index in [0.29, 0.717) is 16.9 Å². The Hall–Kier alpha value is -2.02. The topological polar surface area (TPSA) is 38.2 Å². The smallest absolute Gasteiger partial charge is 0.421 e. The number of halogens is 4. The number of alkyl halides is 3. The molecule has 0 spiro atoms. The van der Waals surface area contributed by atoms with Gasteiger partial charge in [-0.3, -0.25) is 0 Å². The lowest BCUT2D eigenvalue weighted by Crippen LogP contribution is -2.19. The van der Waals surface area contributed by atoms with Crippen LogP contribution in [0, 0.1) is 0 Å². The van der Waals surface area contributed by atoms with Gasteiger partial charge in [-0.2, -0.15) is 18.2 Å². The molecule has 0 N–H and O–H groups in total. The first-order chi connectivity index (χ1) is 10.3. The van der Waals surface area contributed by atoms with Crippen LogP contribution in [0.25, 0.3) is 0 Å².